The number of piperidine rings is 1. The molecule has 2 heterocycles. The quantitative estimate of drug-likeness (QED) is 0.863. The third-order valence-corrected chi connectivity index (χ3v) is 2.76. The van der Waals surface area contributed by atoms with Gasteiger partial charge in [-0.1, -0.05) is 5.10 Å². The van der Waals surface area contributed by atoms with Crippen molar-refractivity contribution in [1.29, 1.82) is 0 Å². The highest BCUT2D eigenvalue weighted by Gasteiger charge is 2.24. The van der Waals surface area contributed by atoms with Crippen LogP contribution in [0.15, 0.2) is 0 Å². The Balaban J connectivity index is 1.93. The molecule has 0 aromatic carbocycles. The minimum absolute atomic E-state index is 0.0772. The van der Waals surface area contributed by atoms with Crippen molar-refractivity contribution in [3.05, 3.63) is 0 Å². The van der Waals surface area contributed by atoms with Gasteiger partial charge in [-0.05, 0) is 31.9 Å². The summed E-state index contributed by atoms with van der Waals surface area (Å²) < 4.78 is 13.2. The van der Waals surface area contributed by atoms with Crippen LogP contribution in [0.25, 0.3) is 0 Å². The summed E-state index contributed by atoms with van der Waals surface area (Å²) in [4.78, 5) is 14.7. The fraction of sp³-hybridized carbons (Fsp3) is 0.800. The number of nitrogens with zero attached hydrogens (tertiary/aromatic N) is 5. The van der Waals surface area contributed by atoms with Crippen molar-refractivity contribution in [2.24, 2.45) is 0 Å². The Morgan fingerprint density at radius 3 is 2.94 bits per heavy atom. The SMILES string of the molecule is CC(C)n1nnc(NC(=O)N2CCCC(F)C2)n1. The lowest BCUT2D eigenvalue weighted by Gasteiger charge is -2.28. The molecule has 18 heavy (non-hydrogen) atoms. The molecule has 7 nitrogen and oxygen atoms in total. The minimum atomic E-state index is -0.941. The van der Waals surface area contributed by atoms with Crippen molar-refractivity contribution in [1.82, 2.24) is 25.1 Å². The lowest BCUT2D eigenvalue weighted by Crippen LogP contribution is -2.43. The van der Waals surface area contributed by atoms with E-state index in [9.17, 15) is 9.18 Å². The third kappa shape index (κ3) is 2.93. The number of tetrazole rings is 1. The van der Waals surface area contributed by atoms with E-state index in [1.54, 1.807) is 0 Å². The largest absolute Gasteiger partial charge is 0.324 e. The molecule has 8 heteroatoms. The molecule has 1 aliphatic rings. The van der Waals surface area contributed by atoms with Gasteiger partial charge in [-0.2, -0.15) is 4.80 Å². The van der Waals surface area contributed by atoms with Gasteiger partial charge in [0, 0.05) is 6.54 Å². The van der Waals surface area contributed by atoms with E-state index in [0.717, 1.165) is 0 Å². The van der Waals surface area contributed by atoms with Crippen LogP contribution in [0.4, 0.5) is 15.1 Å². The Hall–Kier alpha value is -1.73. The van der Waals surface area contributed by atoms with E-state index in [1.807, 2.05) is 13.8 Å². The van der Waals surface area contributed by atoms with Crippen molar-refractivity contribution in [3.8, 4) is 0 Å². The van der Waals surface area contributed by atoms with E-state index in [2.05, 4.69) is 20.7 Å². The molecule has 2 amide bonds. The zero-order chi connectivity index (χ0) is 13.1. The molecule has 0 spiro atoms. The first-order chi connectivity index (χ1) is 8.56. The van der Waals surface area contributed by atoms with Crippen LogP contribution in [-0.4, -0.2) is 50.4 Å². The van der Waals surface area contributed by atoms with Gasteiger partial charge in [0.15, 0.2) is 0 Å². The summed E-state index contributed by atoms with van der Waals surface area (Å²) in [6.07, 6.45) is 0.260. The molecule has 100 valence electrons. The summed E-state index contributed by atoms with van der Waals surface area (Å²) in [6.45, 7) is 4.51. The molecule has 0 saturated carbocycles. The first-order valence-electron chi connectivity index (χ1n) is 6.06. The number of urea groups is 1. The molecule has 2 rings (SSSR count). The van der Waals surface area contributed by atoms with Crippen LogP contribution in [0.1, 0.15) is 32.7 Å². The molecule has 1 aromatic rings. The second-order valence-electron chi connectivity index (χ2n) is 4.64. The number of amides is 2. The number of halogens is 1. The Kier molecular flexibility index (Phi) is 3.73. The number of rotatable bonds is 2. The predicted molar refractivity (Wildman–Crippen MR) is 62.9 cm³/mol. The van der Waals surface area contributed by atoms with Gasteiger partial charge >= 0.3 is 6.03 Å². The lowest BCUT2D eigenvalue weighted by atomic mass is 10.1. The van der Waals surface area contributed by atoms with E-state index in [1.165, 1.54) is 9.70 Å². The van der Waals surface area contributed by atoms with E-state index in [-0.39, 0.29) is 24.6 Å². The first-order valence-corrected chi connectivity index (χ1v) is 6.06. The van der Waals surface area contributed by atoms with Crippen molar-refractivity contribution in [2.75, 3.05) is 18.4 Å². The maximum absolute atomic E-state index is 13.2. The fourth-order valence-electron chi connectivity index (χ4n) is 1.78. The molecule has 1 aliphatic heterocycles. The Labute approximate surface area is 104 Å². The number of carbonyl (C=O) groups excluding carboxylic acids is 1. The van der Waals surface area contributed by atoms with Gasteiger partial charge < -0.3 is 4.90 Å². The second kappa shape index (κ2) is 5.28. The molecular weight excluding hydrogens is 239 g/mol. The number of hydrogen-bond acceptors (Lipinski definition) is 4. The zero-order valence-corrected chi connectivity index (χ0v) is 10.5. The van der Waals surface area contributed by atoms with Gasteiger partial charge in [-0.15, -0.1) is 5.10 Å². The number of anilines is 1. The van der Waals surface area contributed by atoms with Gasteiger partial charge in [0.2, 0.25) is 0 Å². The van der Waals surface area contributed by atoms with Crippen LogP contribution >= 0.6 is 0 Å². The highest BCUT2D eigenvalue weighted by Crippen LogP contribution is 2.13. The number of likely N-dealkylation sites (tertiary alicyclic amines) is 1. The number of aromatic nitrogens is 4. The minimum Gasteiger partial charge on any atom is -0.322 e. The Morgan fingerprint density at radius 2 is 2.33 bits per heavy atom. The van der Waals surface area contributed by atoms with Crippen molar-refractivity contribution in [2.45, 2.75) is 38.9 Å². The molecule has 1 unspecified atom stereocenters. The summed E-state index contributed by atoms with van der Waals surface area (Å²) in [7, 11) is 0. The van der Waals surface area contributed by atoms with E-state index in [4.69, 9.17) is 0 Å². The number of carbonyl (C=O) groups is 1. The first kappa shape index (κ1) is 12.7. The topological polar surface area (TPSA) is 75.9 Å². The molecule has 1 fully saturated rings. The van der Waals surface area contributed by atoms with Crippen LogP contribution in [0.5, 0.6) is 0 Å². The van der Waals surface area contributed by atoms with Crippen molar-refractivity contribution < 1.29 is 9.18 Å². The molecule has 0 bridgehead atoms. The van der Waals surface area contributed by atoms with Gasteiger partial charge in [-0.25, -0.2) is 9.18 Å². The lowest BCUT2D eigenvalue weighted by molar-refractivity contribution is 0.153. The average Bonchev–Trinajstić information content (AvgIpc) is 2.77. The van der Waals surface area contributed by atoms with Gasteiger partial charge in [-0.3, -0.25) is 5.32 Å². The summed E-state index contributed by atoms with van der Waals surface area (Å²) >= 11 is 0. The number of hydrogen-bond donors (Lipinski definition) is 1. The monoisotopic (exact) mass is 256 g/mol. The molecular formula is C10H17FN6O. The Bertz CT molecular complexity index is 420. The molecule has 0 radical (unpaired) electrons. The molecule has 1 saturated heterocycles. The normalized spacial score (nSPS) is 20.2. The summed E-state index contributed by atoms with van der Waals surface area (Å²) in [5, 5.41) is 14.0. The van der Waals surface area contributed by atoms with Crippen LogP contribution in [0.2, 0.25) is 0 Å². The highest BCUT2D eigenvalue weighted by atomic mass is 19.1. The summed E-state index contributed by atoms with van der Waals surface area (Å²) in [5.74, 6) is 0.148. The van der Waals surface area contributed by atoms with Gasteiger partial charge in [0.05, 0.1) is 12.6 Å². The van der Waals surface area contributed by atoms with Gasteiger partial charge in [0.1, 0.15) is 6.17 Å². The maximum Gasteiger partial charge on any atom is 0.324 e. The number of nitrogens with one attached hydrogen (secondary N) is 1. The number of alkyl halides is 1. The Morgan fingerprint density at radius 1 is 1.56 bits per heavy atom. The molecule has 1 atom stereocenters. The third-order valence-electron chi connectivity index (χ3n) is 2.76. The van der Waals surface area contributed by atoms with Crippen LogP contribution < -0.4 is 5.32 Å². The van der Waals surface area contributed by atoms with Crippen LogP contribution in [-0.2, 0) is 0 Å². The van der Waals surface area contributed by atoms with E-state index < -0.39 is 6.17 Å². The van der Waals surface area contributed by atoms with Crippen LogP contribution in [0, 0.1) is 0 Å². The van der Waals surface area contributed by atoms with Crippen molar-refractivity contribution >= 4 is 12.0 Å². The maximum atomic E-state index is 13.2. The summed E-state index contributed by atoms with van der Waals surface area (Å²) in [6, 6.07) is -0.297. The molecule has 1 N–H and O–H groups in total. The van der Waals surface area contributed by atoms with Gasteiger partial charge in [0.25, 0.3) is 5.95 Å². The standard InChI is InChI=1S/C10H17FN6O/c1-7(2)17-14-9(13-15-17)12-10(18)16-5-3-4-8(11)6-16/h7-8H,3-6H2,1-2H3,(H,12,14,18). The molecule has 1 aromatic heterocycles. The zero-order valence-electron chi connectivity index (χ0n) is 10.5. The van der Waals surface area contributed by atoms with E-state index in [0.29, 0.717) is 19.4 Å². The predicted octanol–water partition coefficient (Wildman–Crippen LogP) is 1.22. The summed E-state index contributed by atoms with van der Waals surface area (Å²) in [5.41, 5.74) is 0. The fourth-order valence-corrected chi connectivity index (χ4v) is 1.78. The molecule has 0 aliphatic carbocycles. The average molecular weight is 256 g/mol. The van der Waals surface area contributed by atoms with E-state index >= 15 is 0 Å². The van der Waals surface area contributed by atoms with Crippen molar-refractivity contribution in [3.63, 3.8) is 0 Å². The van der Waals surface area contributed by atoms with Crippen LogP contribution in [0.3, 0.4) is 0 Å². The smallest absolute Gasteiger partial charge is 0.322 e. The second-order valence-corrected chi connectivity index (χ2v) is 4.64. The highest BCUT2D eigenvalue weighted by molar-refractivity contribution is 5.87.